The van der Waals surface area contributed by atoms with Crippen LogP contribution in [0.1, 0.15) is 20.7 Å². The number of hydrazine groups is 1. The Kier molecular flexibility index (Phi) is 4.88. The van der Waals surface area contributed by atoms with Crippen molar-refractivity contribution >= 4 is 17.5 Å². The van der Waals surface area contributed by atoms with Crippen molar-refractivity contribution in [1.29, 1.82) is 0 Å². The SMILES string of the molecule is COc1ccc(C(=O)NNC(=O)c2ccccc2)cc1[N+](=O)[O-]. The first-order valence-corrected chi connectivity index (χ1v) is 6.51. The third-order valence-corrected chi connectivity index (χ3v) is 2.96. The Morgan fingerprint density at radius 2 is 1.61 bits per heavy atom. The van der Waals surface area contributed by atoms with Crippen molar-refractivity contribution in [3.05, 3.63) is 69.8 Å². The number of carbonyl (C=O) groups excluding carboxylic acids is 2. The van der Waals surface area contributed by atoms with Crippen molar-refractivity contribution in [1.82, 2.24) is 10.9 Å². The molecule has 0 fully saturated rings. The van der Waals surface area contributed by atoms with Crippen molar-refractivity contribution in [3.63, 3.8) is 0 Å². The molecule has 2 aromatic carbocycles. The van der Waals surface area contributed by atoms with Gasteiger partial charge in [0.15, 0.2) is 5.75 Å². The van der Waals surface area contributed by atoms with E-state index in [-0.39, 0.29) is 17.0 Å². The average molecular weight is 315 g/mol. The van der Waals surface area contributed by atoms with E-state index >= 15 is 0 Å². The number of ether oxygens (including phenoxy) is 1. The Balaban J connectivity index is 2.08. The zero-order valence-electron chi connectivity index (χ0n) is 12.1. The minimum atomic E-state index is -0.681. The summed E-state index contributed by atoms with van der Waals surface area (Å²) in [5.74, 6) is -1.14. The third-order valence-electron chi connectivity index (χ3n) is 2.96. The number of nitrogens with zero attached hydrogens (tertiary/aromatic N) is 1. The molecule has 0 unspecified atom stereocenters. The van der Waals surface area contributed by atoms with Crippen LogP contribution in [-0.4, -0.2) is 23.8 Å². The lowest BCUT2D eigenvalue weighted by Crippen LogP contribution is -2.41. The summed E-state index contributed by atoms with van der Waals surface area (Å²) in [4.78, 5) is 34.0. The maximum atomic E-state index is 12.0. The summed E-state index contributed by atoms with van der Waals surface area (Å²) in [6.07, 6.45) is 0. The quantitative estimate of drug-likeness (QED) is 0.658. The van der Waals surface area contributed by atoms with E-state index in [1.807, 2.05) is 0 Å². The second kappa shape index (κ2) is 7.03. The number of benzene rings is 2. The normalized spacial score (nSPS) is 9.78. The number of nitro groups is 1. The smallest absolute Gasteiger partial charge is 0.311 e. The van der Waals surface area contributed by atoms with Crippen LogP contribution >= 0.6 is 0 Å². The van der Waals surface area contributed by atoms with Crippen LogP contribution in [0.3, 0.4) is 0 Å². The van der Waals surface area contributed by atoms with Gasteiger partial charge in [0.1, 0.15) is 0 Å². The van der Waals surface area contributed by atoms with Gasteiger partial charge in [-0.05, 0) is 24.3 Å². The van der Waals surface area contributed by atoms with E-state index in [2.05, 4.69) is 10.9 Å². The molecule has 0 aromatic heterocycles. The number of hydrogen-bond acceptors (Lipinski definition) is 5. The zero-order valence-corrected chi connectivity index (χ0v) is 12.1. The highest BCUT2D eigenvalue weighted by Gasteiger charge is 2.18. The van der Waals surface area contributed by atoms with Crippen LogP contribution in [-0.2, 0) is 0 Å². The molecule has 118 valence electrons. The molecule has 0 bridgehead atoms. The molecule has 2 aromatic rings. The first-order chi connectivity index (χ1) is 11.0. The molecule has 0 aliphatic carbocycles. The number of hydrogen-bond donors (Lipinski definition) is 2. The Morgan fingerprint density at radius 3 is 2.17 bits per heavy atom. The summed E-state index contributed by atoms with van der Waals surface area (Å²) in [5.41, 5.74) is 4.48. The van der Waals surface area contributed by atoms with E-state index < -0.39 is 16.7 Å². The van der Waals surface area contributed by atoms with Gasteiger partial charge in [-0.25, -0.2) is 0 Å². The molecule has 2 N–H and O–H groups in total. The van der Waals surface area contributed by atoms with Gasteiger partial charge in [-0.15, -0.1) is 0 Å². The monoisotopic (exact) mass is 315 g/mol. The number of methoxy groups -OCH3 is 1. The molecular formula is C15H13N3O5. The lowest BCUT2D eigenvalue weighted by molar-refractivity contribution is -0.385. The predicted octanol–water partition coefficient (Wildman–Crippen LogP) is 1.68. The lowest BCUT2D eigenvalue weighted by Gasteiger charge is -2.08. The van der Waals surface area contributed by atoms with Crippen molar-refractivity contribution < 1.29 is 19.2 Å². The van der Waals surface area contributed by atoms with Gasteiger partial charge in [0.2, 0.25) is 0 Å². The van der Waals surface area contributed by atoms with Crippen LogP contribution in [0.15, 0.2) is 48.5 Å². The summed E-state index contributed by atoms with van der Waals surface area (Å²) in [7, 11) is 1.29. The highest BCUT2D eigenvalue weighted by molar-refractivity contribution is 5.99. The van der Waals surface area contributed by atoms with Gasteiger partial charge < -0.3 is 4.74 Å². The maximum absolute atomic E-state index is 12.0. The standard InChI is InChI=1S/C15H13N3O5/c1-23-13-8-7-11(9-12(13)18(21)22)15(20)17-16-14(19)10-5-3-2-4-6-10/h2-9H,1H3,(H,16,19)(H,17,20). The fraction of sp³-hybridized carbons (Fsp3) is 0.0667. The molecule has 0 aliphatic heterocycles. The Morgan fingerprint density at radius 1 is 1.00 bits per heavy atom. The van der Waals surface area contributed by atoms with Crippen molar-refractivity contribution in [2.75, 3.05) is 7.11 Å². The summed E-state index contributed by atoms with van der Waals surface area (Å²) in [6, 6.07) is 12.0. The van der Waals surface area contributed by atoms with E-state index in [0.717, 1.165) is 6.07 Å². The summed E-state index contributed by atoms with van der Waals surface area (Å²) < 4.78 is 4.85. The van der Waals surface area contributed by atoms with Crippen LogP contribution < -0.4 is 15.6 Å². The first-order valence-electron chi connectivity index (χ1n) is 6.51. The second-order valence-electron chi connectivity index (χ2n) is 4.42. The van der Waals surface area contributed by atoms with Crippen LogP contribution in [0, 0.1) is 10.1 Å². The van der Waals surface area contributed by atoms with Gasteiger partial charge >= 0.3 is 5.69 Å². The van der Waals surface area contributed by atoms with Gasteiger partial charge in [-0.1, -0.05) is 18.2 Å². The Labute approximate surface area is 131 Å². The van der Waals surface area contributed by atoms with E-state index in [9.17, 15) is 19.7 Å². The van der Waals surface area contributed by atoms with Crippen LogP contribution in [0.5, 0.6) is 5.75 Å². The average Bonchev–Trinajstić information content (AvgIpc) is 2.59. The van der Waals surface area contributed by atoms with E-state index in [0.29, 0.717) is 5.56 Å². The second-order valence-corrected chi connectivity index (χ2v) is 4.42. The number of nitro benzene ring substituents is 1. The van der Waals surface area contributed by atoms with Crippen molar-refractivity contribution in [2.45, 2.75) is 0 Å². The summed E-state index contributed by atoms with van der Waals surface area (Å²) in [5, 5.41) is 10.9. The molecule has 0 aliphatic rings. The van der Waals surface area contributed by atoms with Crippen LogP contribution in [0.2, 0.25) is 0 Å². The minimum Gasteiger partial charge on any atom is -0.490 e. The van der Waals surface area contributed by atoms with E-state index in [4.69, 9.17) is 4.74 Å². The molecule has 2 amide bonds. The third kappa shape index (κ3) is 3.82. The molecule has 0 saturated carbocycles. The summed E-state index contributed by atoms with van der Waals surface area (Å²) >= 11 is 0. The van der Waals surface area contributed by atoms with Crippen LogP contribution in [0.25, 0.3) is 0 Å². The van der Waals surface area contributed by atoms with Gasteiger partial charge in [0.05, 0.1) is 12.0 Å². The molecule has 23 heavy (non-hydrogen) atoms. The lowest BCUT2D eigenvalue weighted by atomic mass is 10.2. The molecule has 8 nitrogen and oxygen atoms in total. The zero-order chi connectivity index (χ0) is 16.8. The number of amides is 2. The molecule has 0 radical (unpaired) electrons. The minimum absolute atomic E-state index is 0.0193. The molecule has 0 atom stereocenters. The fourth-order valence-electron chi connectivity index (χ4n) is 1.82. The van der Waals surface area contributed by atoms with Crippen molar-refractivity contribution in [3.8, 4) is 5.75 Å². The predicted molar refractivity (Wildman–Crippen MR) is 81.0 cm³/mol. The molecule has 2 rings (SSSR count). The van der Waals surface area contributed by atoms with Gasteiger partial charge in [0, 0.05) is 17.2 Å². The van der Waals surface area contributed by atoms with Crippen molar-refractivity contribution in [2.24, 2.45) is 0 Å². The van der Waals surface area contributed by atoms with Gasteiger partial charge in [0.25, 0.3) is 11.8 Å². The number of nitrogens with one attached hydrogen (secondary N) is 2. The molecule has 0 heterocycles. The largest absolute Gasteiger partial charge is 0.490 e. The molecule has 0 spiro atoms. The van der Waals surface area contributed by atoms with E-state index in [1.54, 1.807) is 30.3 Å². The maximum Gasteiger partial charge on any atom is 0.311 e. The fourth-order valence-corrected chi connectivity index (χ4v) is 1.82. The highest BCUT2D eigenvalue weighted by atomic mass is 16.6. The van der Waals surface area contributed by atoms with E-state index in [1.165, 1.54) is 19.2 Å². The van der Waals surface area contributed by atoms with Gasteiger partial charge in [-0.3, -0.25) is 30.6 Å². The first kappa shape index (κ1) is 16.0. The topological polar surface area (TPSA) is 111 Å². The van der Waals surface area contributed by atoms with Gasteiger partial charge in [-0.2, -0.15) is 0 Å². The molecular weight excluding hydrogens is 302 g/mol. The highest BCUT2D eigenvalue weighted by Crippen LogP contribution is 2.27. The molecule has 8 heteroatoms. The Bertz CT molecular complexity index is 746. The summed E-state index contributed by atoms with van der Waals surface area (Å²) in [6.45, 7) is 0. The van der Waals surface area contributed by atoms with Crippen LogP contribution in [0.4, 0.5) is 5.69 Å². The number of carbonyl (C=O) groups is 2. The Hall–Kier alpha value is -3.42. The molecule has 0 saturated heterocycles. The number of rotatable bonds is 4.